The van der Waals surface area contributed by atoms with Gasteiger partial charge in [0.1, 0.15) is 0 Å². The number of nitrogens with one attached hydrogen (secondary N) is 1. The van der Waals surface area contributed by atoms with Gasteiger partial charge < -0.3 is 14.5 Å². The Hall–Kier alpha value is -8.61. The molecule has 0 atom stereocenters. The Morgan fingerprint density at radius 1 is 0.349 bits per heavy atom. The fourth-order valence-electron chi connectivity index (χ4n) is 9.01. The molecule has 63 heavy (non-hydrogen) atoms. The van der Waals surface area contributed by atoms with E-state index >= 15 is 0 Å². The Morgan fingerprint density at radius 2 is 0.857 bits per heavy atom. The number of aromatic amines is 1. The van der Waals surface area contributed by atoms with Crippen molar-refractivity contribution in [3.8, 4) is 51.0 Å². The highest BCUT2D eigenvalue weighted by atomic mass is 15.1. The van der Waals surface area contributed by atoms with Crippen LogP contribution in [-0.2, 0) is 0 Å². The second-order valence-electron chi connectivity index (χ2n) is 15.8. The van der Waals surface area contributed by atoms with E-state index in [1.165, 1.54) is 21.5 Å². The van der Waals surface area contributed by atoms with Crippen molar-refractivity contribution in [2.75, 3.05) is 4.90 Å². The maximum Gasteiger partial charge on any atom is 0.164 e. The van der Waals surface area contributed by atoms with E-state index in [9.17, 15) is 0 Å². The predicted molar refractivity (Wildman–Crippen MR) is 260 cm³/mol. The maximum absolute atomic E-state index is 4.99. The van der Waals surface area contributed by atoms with Crippen LogP contribution in [0.2, 0.25) is 0 Å². The molecule has 1 N–H and O–H groups in total. The Balaban J connectivity index is 0.958. The first-order chi connectivity index (χ1) is 31.2. The number of anilines is 3. The van der Waals surface area contributed by atoms with Crippen LogP contribution in [0.25, 0.3) is 94.6 Å². The van der Waals surface area contributed by atoms with Crippen LogP contribution >= 0.6 is 0 Å². The van der Waals surface area contributed by atoms with Gasteiger partial charge in [0.2, 0.25) is 0 Å². The fourth-order valence-corrected chi connectivity index (χ4v) is 9.01. The molecule has 0 aliphatic carbocycles. The summed E-state index contributed by atoms with van der Waals surface area (Å²) < 4.78 is 2.39. The molecule has 6 heteroatoms. The van der Waals surface area contributed by atoms with Crippen LogP contribution in [0.5, 0.6) is 0 Å². The molecule has 0 aliphatic rings. The lowest BCUT2D eigenvalue weighted by Gasteiger charge is -2.26. The number of aromatic nitrogens is 5. The zero-order valence-electron chi connectivity index (χ0n) is 34.1. The molecule has 3 heterocycles. The quantitative estimate of drug-likeness (QED) is 0.166. The van der Waals surface area contributed by atoms with Crippen molar-refractivity contribution >= 4 is 60.7 Å². The van der Waals surface area contributed by atoms with Gasteiger partial charge in [0.25, 0.3) is 0 Å². The first-order valence-corrected chi connectivity index (χ1v) is 21.2. The minimum absolute atomic E-state index is 0.628. The van der Waals surface area contributed by atoms with Crippen molar-refractivity contribution in [3.63, 3.8) is 0 Å². The highest BCUT2D eigenvalue weighted by molar-refractivity contribution is 6.14. The zero-order chi connectivity index (χ0) is 41.7. The molecule has 296 valence electrons. The van der Waals surface area contributed by atoms with E-state index in [-0.39, 0.29) is 0 Å². The third-order valence-electron chi connectivity index (χ3n) is 12.0. The van der Waals surface area contributed by atoms with Crippen molar-refractivity contribution in [1.82, 2.24) is 24.5 Å². The van der Waals surface area contributed by atoms with Crippen molar-refractivity contribution in [1.29, 1.82) is 0 Å². The summed E-state index contributed by atoms with van der Waals surface area (Å²) in [4.78, 5) is 20.8. The average Bonchev–Trinajstić information content (AvgIpc) is 3.91. The molecule has 12 aromatic rings. The third kappa shape index (κ3) is 6.40. The van der Waals surface area contributed by atoms with Gasteiger partial charge in [-0.3, -0.25) is 0 Å². The summed E-state index contributed by atoms with van der Waals surface area (Å²) in [6.07, 6.45) is 0. The minimum atomic E-state index is 0.628. The summed E-state index contributed by atoms with van der Waals surface area (Å²) in [5, 5.41) is 4.83. The Morgan fingerprint density at radius 3 is 1.54 bits per heavy atom. The van der Waals surface area contributed by atoms with Crippen molar-refractivity contribution in [3.05, 3.63) is 224 Å². The molecule has 3 aromatic heterocycles. The summed E-state index contributed by atoms with van der Waals surface area (Å²) >= 11 is 0. The number of nitrogens with zero attached hydrogens (tertiary/aromatic N) is 5. The summed E-state index contributed by atoms with van der Waals surface area (Å²) in [6.45, 7) is 0. The van der Waals surface area contributed by atoms with Gasteiger partial charge in [-0.05, 0) is 84.4 Å². The third-order valence-corrected chi connectivity index (χ3v) is 12.0. The van der Waals surface area contributed by atoms with Crippen LogP contribution in [0.15, 0.2) is 224 Å². The molecule has 0 bridgehead atoms. The van der Waals surface area contributed by atoms with E-state index in [0.717, 1.165) is 72.6 Å². The smallest absolute Gasteiger partial charge is 0.164 e. The monoisotopic (exact) mass is 806 g/mol. The Kier molecular flexibility index (Phi) is 8.71. The molecular weight excluding hydrogens is 769 g/mol. The lowest BCUT2D eigenvalue weighted by molar-refractivity contribution is 1.07. The van der Waals surface area contributed by atoms with Crippen LogP contribution in [0.4, 0.5) is 17.1 Å². The fraction of sp³-hybridized carbons (Fsp3) is 0. The van der Waals surface area contributed by atoms with Crippen LogP contribution in [0.3, 0.4) is 0 Å². The molecule has 0 spiro atoms. The number of para-hydroxylation sites is 4. The first kappa shape index (κ1) is 36.3. The van der Waals surface area contributed by atoms with E-state index in [1.807, 2.05) is 60.7 Å². The lowest BCUT2D eigenvalue weighted by atomic mass is 10.0. The molecule has 9 aromatic carbocycles. The highest BCUT2D eigenvalue weighted by Crippen LogP contribution is 2.41. The summed E-state index contributed by atoms with van der Waals surface area (Å²) in [5.74, 6) is 1.91. The van der Waals surface area contributed by atoms with Gasteiger partial charge in [0.15, 0.2) is 17.5 Å². The van der Waals surface area contributed by atoms with E-state index in [4.69, 9.17) is 15.0 Å². The van der Waals surface area contributed by atoms with E-state index in [0.29, 0.717) is 17.5 Å². The number of rotatable bonds is 8. The molecule has 6 nitrogen and oxygen atoms in total. The molecule has 0 radical (unpaired) electrons. The van der Waals surface area contributed by atoms with E-state index in [2.05, 4.69) is 178 Å². The van der Waals surface area contributed by atoms with Crippen molar-refractivity contribution in [2.45, 2.75) is 0 Å². The van der Waals surface area contributed by atoms with Gasteiger partial charge in [-0.15, -0.1) is 0 Å². The molecular formula is C57H38N6. The Labute approximate surface area is 364 Å². The van der Waals surface area contributed by atoms with Crippen LogP contribution in [0.1, 0.15) is 0 Å². The number of benzene rings is 9. The SMILES string of the molecule is c1ccc(-c2nc(-c3ccccc3)nc(-c3ccc(-n4c5ccccc5c5cccc(-c6ccc(N(c7ccccc7)c7ccc8[nH]c9ccccc9c8c7)cc6)c54)cc3)n2)cc1. The van der Waals surface area contributed by atoms with Gasteiger partial charge in [0, 0.05) is 77.6 Å². The average molecular weight is 807 g/mol. The standard InChI is InChI=1S/C57H38N6/c1-4-15-39(16-5-1)55-59-56(40-17-6-2-7-18-40)61-57(60-55)41-29-33-44(34-30-41)63-53-26-13-11-22-48(53)49-24-14-23-46(54(49)63)38-27-31-43(32-28-38)62(42-19-8-3-9-20-42)45-35-36-52-50(37-45)47-21-10-12-25-51(47)58-52/h1-37,58H. The van der Waals surface area contributed by atoms with Gasteiger partial charge in [-0.2, -0.15) is 0 Å². The molecule has 0 saturated heterocycles. The second-order valence-corrected chi connectivity index (χ2v) is 15.8. The summed E-state index contributed by atoms with van der Waals surface area (Å²) in [5.41, 5.74) is 14.0. The molecule has 0 saturated carbocycles. The number of fused-ring (bicyclic) bond motifs is 6. The van der Waals surface area contributed by atoms with Gasteiger partial charge in [-0.25, -0.2) is 15.0 Å². The normalized spacial score (nSPS) is 11.5. The van der Waals surface area contributed by atoms with Crippen molar-refractivity contribution in [2.24, 2.45) is 0 Å². The van der Waals surface area contributed by atoms with E-state index in [1.54, 1.807) is 0 Å². The first-order valence-electron chi connectivity index (χ1n) is 21.2. The van der Waals surface area contributed by atoms with Crippen LogP contribution in [-0.4, -0.2) is 24.5 Å². The number of hydrogen-bond donors (Lipinski definition) is 1. The topological polar surface area (TPSA) is 62.6 Å². The summed E-state index contributed by atoms with van der Waals surface area (Å²) in [7, 11) is 0. The number of H-pyrrole nitrogens is 1. The largest absolute Gasteiger partial charge is 0.355 e. The number of hydrogen-bond acceptors (Lipinski definition) is 4. The molecule has 0 unspecified atom stereocenters. The zero-order valence-corrected chi connectivity index (χ0v) is 34.1. The highest BCUT2D eigenvalue weighted by Gasteiger charge is 2.19. The molecule has 0 aliphatic heterocycles. The molecule has 0 amide bonds. The lowest BCUT2D eigenvalue weighted by Crippen LogP contribution is -2.09. The van der Waals surface area contributed by atoms with Gasteiger partial charge in [0.05, 0.1) is 11.0 Å². The van der Waals surface area contributed by atoms with Crippen molar-refractivity contribution < 1.29 is 0 Å². The van der Waals surface area contributed by atoms with Crippen LogP contribution < -0.4 is 4.90 Å². The van der Waals surface area contributed by atoms with Gasteiger partial charge in [-0.1, -0.05) is 146 Å². The molecule has 12 rings (SSSR count). The summed E-state index contributed by atoms with van der Waals surface area (Å²) in [6, 6.07) is 78.9. The van der Waals surface area contributed by atoms with Gasteiger partial charge >= 0.3 is 0 Å². The Bertz CT molecular complexity index is 3540. The predicted octanol–water partition coefficient (Wildman–Crippen LogP) is 14.7. The maximum atomic E-state index is 4.99. The second kappa shape index (κ2) is 15.1. The van der Waals surface area contributed by atoms with E-state index < -0.39 is 0 Å². The molecule has 0 fully saturated rings. The van der Waals surface area contributed by atoms with Crippen LogP contribution in [0, 0.1) is 0 Å². The minimum Gasteiger partial charge on any atom is -0.355 e.